The van der Waals surface area contributed by atoms with Crippen LogP contribution >= 0.6 is 0 Å². The Labute approximate surface area is 166 Å². The minimum absolute atomic E-state index is 0.269. The van der Waals surface area contributed by atoms with E-state index in [2.05, 4.69) is 9.88 Å². The van der Waals surface area contributed by atoms with Crippen LogP contribution in [0.2, 0.25) is 0 Å². The standard InChI is InChI=1S/C22H28N4O2/c1-28-19-8-4-6-17(14-19)21-22(24-10-9-23-21)18-7-5-11-25(15-18)16-20(27)26-12-2-3-13-26/h4,6,8-10,14,18H,2-3,5,7,11-13,15-16H2,1H3/t18-/m1/s1. The van der Waals surface area contributed by atoms with Crippen LogP contribution in [-0.2, 0) is 4.79 Å². The summed E-state index contributed by atoms with van der Waals surface area (Å²) in [4.78, 5) is 26.2. The highest BCUT2D eigenvalue weighted by atomic mass is 16.5. The Balaban J connectivity index is 1.51. The van der Waals surface area contributed by atoms with Crippen LogP contribution in [0.1, 0.15) is 37.3 Å². The van der Waals surface area contributed by atoms with Gasteiger partial charge >= 0.3 is 0 Å². The Morgan fingerprint density at radius 1 is 1.14 bits per heavy atom. The summed E-state index contributed by atoms with van der Waals surface area (Å²) in [6, 6.07) is 7.97. The summed E-state index contributed by atoms with van der Waals surface area (Å²) in [6.07, 6.45) is 7.94. The minimum Gasteiger partial charge on any atom is -0.497 e. The second-order valence-electron chi connectivity index (χ2n) is 7.68. The number of likely N-dealkylation sites (tertiary alicyclic amines) is 2. The molecule has 6 nitrogen and oxygen atoms in total. The van der Waals surface area contributed by atoms with Gasteiger partial charge in [-0.3, -0.25) is 19.7 Å². The zero-order valence-electron chi connectivity index (χ0n) is 16.5. The van der Waals surface area contributed by atoms with E-state index >= 15 is 0 Å². The zero-order chi connectivity index (χ0) is 19.3. The van der Waals surface area contributed by atoms with E-state index in [-0.39, 0.29) is 11.8 Å². The first-order valence-electron chi connectivity index (χ1n) is 10.2. The monoisotopic (exact) mass is 380 g/mol. The topological polar surface area (TPSA) is 58.6 Å². The molecule has 3 heterocycles. The van der Waals surface area contributed by atoms with Crippen molar-refractivity contribution >= 4 is 5.91 Å². The van der Waals surface area contributed by atoms with Gasteiger partial charge in [-0.1, -0.05) is 12.1 Å². The Hall–Kier alpha value is -2.47. The van der Waals surface area contributed by atoms with E-state index in [0.717, 1.165) is 74.6 Å². The summed E-state index contributed by atoms with van der Waals surface area (Å²) in [7, 11) is 1.67. The molecular formula is C22H28N4O2. The van der Waals surface area contributed by atoms with Gasteiger partial charge in [0.2, 0.25) is 5.91 Å². The third kappa shape index (κ3) is 4.17. The summed E-state index contributed by atoms with van der Waals surface area (Å²) >= 11 is 0. The number of rotatable bonds is 5. The van der Waals surface area contributed by atoms with Crippen LogP contribution in [-0.4, -0.2) is 65.5 Å². The van der Waals surface area contributed by atoms with E-state index in [1.807, 2.05) is 29.2 Å². The smallest absolute Gasteiger partial charge is 0.236 e. The number of aromatic nitrogens is 2. The molecule has 0 aliphatic carbocycles. The number of ether oxygens (including phenoxy) is 1. The lowest BCUT2D eigenvalue weighted by Crippen LogP contribution is -2.43. The second-order valence-corrected chi connectivity index (χ2v) is 7.68. The van der Waals surface area contributed by atoms with Crippen LogP contribution in [0.3, 0.4) is 0 Å². The highest BCUT2D eigenvalue weighted by molar-refractivity contribution is 5.78. The fourth-order valence-electron chi connectivity index (χ4n) is 4.32. The van der Waals surface area contributed by atoms with Crippen molar-refractivity contribution in [2.45, 2.75) is 31.6 Å². The van der Waals surface area contributed by atoms with Crippen molar-refractivity contribution in [1.29, 1.82) is 0 Å². The Kier molecular flexibility index (Phi) is 5.86. The highest BCUT2D eigenvalue weighted by Gasteiger charge is 2.28. The van der Waals surface area contributed by atoms with Gasteiger partial charge in [-0.15, -0.1) is 0 Å². The number of carbonyl (C=O) groups excluding carboxylic acids is 1. The first kappa shape index (κ1) is 18.9. The summed E-state index contributed by atoms with van der Waals surface area (Å²) in [5, 5.41) is 0. The maximum absolute atomic E-state index is 12.6. The molecule has 0 radical (unpaired) electrons. The molecule has 2 aliphatic rings. The molecule has 0 spiro atoms. The summed E-state index contributed by atoms with van der Waals surface area (Å²) in [5.41, 5.74) is 2.96. The summed E-state index contributed by atoms with van der Waals surface area (Å²) in [5.74, 6) is 1.37. The van der Waals surface area contributed by atoms with Gasteiger partial charge < -0.3 is 9.64 Å². The van der Waals surface area contributed by atoms with Crippen LogP contribution in [0.25, 0.3) is 11.3 Å². The number of hydrogen-bond acceptors (Lipinski definition) is 5. The van der Waals surface area contributed by atoms with Crippen molar-refractivity contribution in [2.75, 3.05) is 39.8 Å². The molecule has 4 rings (SSSR count). The molecule has 2 aromatic rings. The SMILES string of the molecule is COc1cccc(-c2nccnc2[C@@H]2CCCN(CC(=O)N3CCCC3)C2)c1. The fourth-order valence-corrected chi connectivity index (χ4v) is 4.32. The molecule has 1 aromatic carbocycles. The van der Waals surface area contributed by atoms with Crippen molar-refractivity contribution in [2.24, 2.45) is 0 Å². The van der Waals surface area contributed by atoms with Gasteiger partial charge in [-0.25, -0.2) is 0 Å². The molecule has 148 valence electrons. The predicted molar refractivity (Wildman–Crippen MR) is 108 cm³/mol. The lowest BCUT2D eigenvalue weighted by molar-refractivity contribution is -0.131. The van der Waals surface area contributed by atoms with Gasteiger partial charge in [-0.2, -0.15) is 0 Å². The molecule has 0 saturated carbocycles. The van der Waals surface area contributed by atoms with Crippen molar-refractivity contribution < 1.29 is 9.53 Å². The molecule has 28 heavy (non-hydrogen) atoms. The van der Waals surface area contributed by atoms with Crippen molar-refractivity contribution in [3.63, 3.8) is 0 Å². The lowest BCUT2D eigenvalue weighted by atomic mass is 9.91. The van der Waals surface area contributed by atoms with Gasteiger partial charge in [-0.05, 0) is 44.4 Å². The molecule has 2 fully saturated rings. The Bertz CT molecular complexity index is 820. The Morgan fingerprint density at radius 2 is 1.96 bits per heavy atom. The molecular weight excluding hydrogens is 352 g/mol. The van der Waals surface area contributed by atoms with Crippen LogP contribution < -0.4 is 4.74 Å². The molecule has 2 saturated heterocycles. The number of nitrogens with zero attached hydrogens (tertiary/aromatic N) is 4. The lowest BCUT2D eigenvalue weighted by Gasteiger charge is -2.33. The number of hydrogen-bond donors (Lipinski definition) is 0. The van der Waals surface area contributed by atoms with Crippen LogP contribution in [0.4, 0.5) is 0 Å². The first-order valence-corrected chi connectivity index (χ1v) is 10.2. The summed E-state index contributed by atoms with van der Waals surface area (Å²) < 4.78 is 5.37. The second kappa shape index (κ2) is 8.69. The molecule has 1 atom stereocenters. The molecule has 2 aliphatic heterocycles. The van der Waals surface area contributed by atoms with Crippen LogP contribution in [0.5, 0.6) is 5.75 Å². The van der Waals surface area contributed by atoms with Crippen molar-refractivity contribution in [3.05, 3.63) is 42.4 Å². The predicted octanol–water partition coefficient (Wildman–Crippen LogP) is 2.95. The molecule has 1 amide bonds. The van der Waals surface area contributed by atoms with E-state index < -0.39 is 0 Å². The molecule has 6 heteroatoms. The number of amides is 1. The minimum atomic E-state index is 0.269. The third-order valence-corrected chi connectivity index (χ3v) is 5.78. The van der Waals surface area contributed by atoms with Crippen LogP contribution in [0.15, 0.2) is 36.7 Å². The van der Waals surface area contributed by atoms with E-state index in [4.69, 9.17) is 9.72 Å². The van der Waals surface area contributed by atoms with Crippen LogP contribution in [0, 0.1) is 0 Å². The van der Waals surface area contributed by atoms with Gasteiger partial charge in [0.05, 0.1) is 25.0 Å². The quantitative estimate of drug-likeness (QED) is 0.798. The largest absolute Gasteiger partial charge is 0.497 e. The summed E-state index contributed by atoms with van der Waals surface area (Å²) in [6.45, 7) is 4.19. The van der Waals surface area contributed by atoms with E-state index in [0.29, 0.717) is 6.54 Å². The fraction of sp³-hybridized carbons (Fsp3) is 0.500. The van der Waals surface area contributed by atoms with Gasteiger partial charge in [0.15, 0.2) is 0 Å². The van der Waals surface area contributed by atoms with Gasteiger partial charge in [0, 0.05) is 43.5 Å². The Morgan fingerprint density at radius 3 is 2.79 bits per heavy atom. The van der Waals surface area contributed by atoms with Gasteiger partial charge in [0.1, 0.15) is 5.75 Å². The highest BCUT2D eigenvalue weighted by Crippen LogP contribution is 2.32. The van der Waals surface area contributed by atoms with E-state index in [1.54, 1.807) is 19.5 Å². The maximum Gasteiger partial charge on any atom is 0.236 e. The van der Waals surface area contributed by atoms with Crippen molar-refractivity contribution in [1.82, 2.24) is 19.8 Å². The van der Waals surface area contributed by atoms with Gasteiger partial charge in [0.25, 0.3) is 0 Å². The molecule has 0 N–H and O–H groups in total. The average molecular weight is 380 g/mol. The molecule has 0 unspecified atom stereocenters. The molecule has 0 bridgehead atoms. The number of methoxy groups -OCH3 is 1. The third-order valence-electron chi connectivity index (χ3n) is 5.78. The normalized spacial score (nSPS) is 20.3. The first-order chi connectivity index (χ1) is 13.7. The zero-order valence-corrected chi connectivity index (χ0v) is 16.5. The van der Waals surface area contributed by atoms with E-state index in [1.165, 1.54) is 0 Å². The van der Waals surface area contributed by atoms with E-state index in [9.17, 15) is 4.79 Å². The number of piperidine rings is 1. The number of carbonyl (C=O) groups is 1. The molecule has 1 aromatic heterocycles. The average Bonchev–Trinajstić information content (AvgIpc) is 3.29. The van der Waals surface area contributed by atoms with Crippen molar-refractivity contribution in [3.8, 4) is 17.0 Å². The maximum atomic E-state index is 12.6. The number of benzene rings is 1.